The fourth-order valence-electron chi connectivity index (χ4n) is 3.85. The van der Waals surface area contributed by atoms with Gasteiger partial charge in [0.1, 0.15) is 10.7 Å². The van der Waals surface area contributed by atoms with Gasteiger partial charge in [-0.3, -0.25) is 9.36 Å². The van der Waals surface area contributed by atoms with Crippen LogP contribution in [-0.4, -0.2) is 31.6 Å². The van der Waals surface area contributed by atoms with Gasteiger partial charge in [0.25, 0.3) is 5.56 Å². The Labute approximate surface area is 169 Å². The van der Waals surface area contributed by atoms with E-state index in [1.165, 1.54) is 40.2 Å². The van der Waals surface area contributed by atoms with Gasteiger partial charge in [-0.2, -0.15) is 4.37 Å². The summed E-state index contributed by atoms with van der Waals surface area (Å²) in [4.78, 5) is 25.1. The summed E-state index contributed by atoms with van der Waals surface area (Å²) in [5.74, 6) is 0.753. The first-order chi connectivity index (χ1) is 13.2. The molecule has 1 atom stereocenters. The van der Waals surface area contributed by atoms with Gasteiger partial charge in [-0.25, -0.2) is 9.97 Å². The average Bonchev–Trinajstić information content (AvgIpc) is 3.38. The lowest BCUT2D eigenvalue weighted by molar-refractivity contribution is 0.0937. The van der Waals surface area contributed by atoms with Crippen molar-refractivity contribution < 1.29 is 4.74 Å². The lowest BCUT2D eigenvalue weighted by Crippen LogP contribution is -2.29. The van der Waals surface area contributed by atoms with Crippen molar-refractivity contribution in [3.8, 4) is 0 Å². The highest BCUT2D eigenvalue weighted by molar-refractivity contribution is 8.00. The Balaban J connectivity index is 1.64. The minimum Gasteiger partial charge on any atom is -0.376 e. The van der Waals surface area contributed by atoms with Gasteiger partial charge in [0.2, 0.25) is 0 Å². The van der Waals surface area contributed by atoms with Crippen molar-refractivity contribution in [3.05, 3.63) is 26.6 Å². The van der Waals surface area contributed by atoms with Crippen LogP contribution in [0.4, 0.5) is 0 Å². The third kappa shape index (κ3) is 3.35. The molecule has 1 unspecified atom stereocenters. The number of aromatic nitrogens is 4. The van der Waals surface area contributed by atoms with Crippen LogP contribution < -0.4 is 5.56 Å². The number of thiophene rings is 1. The summed E-state index contributed by atoms with van der Waals surface area (Å²) in [5, 5.41) is 1.54. The second-order valence-electron chi connectivity index (χ2n) is 7.05. The van der Waals surface area contributed by atoms with Crippen LogP contribution in [0.25, 0.3) is 10.2 Å². The predicted molar refractivity (Wildman–Crippen MR) is 108 cm³/mol. The highest BCUT2D eigenvalue weighted by Crippen LogP contribution is 2.36. The van der Waals surface area contributed by atoms with Crippen molar-refractivity contribution >= 4 is 44.8 Å². The largest absolute Gasteiger partial charge is 0.376 e. The van der Waals surface area contributed by atoms with Crippen LogP contribution >= 0.6 is 34.6 Å². The first kappa shape index (κ1) is 17.8. The molecular formula is C18H20N4O2S3. The van der Waals surface area contributed by atoms with Crippen molar-refractivity contribution in [1.82, 2.24) is 18.9 Å². The predicted octanol–water partition coefficient (Wildman–Crippen LogP) is 3.83. The minimum atomic E-state index is 0.0821. The Morgan fingerprint density at radius 2 is 2.15 bits per heavy atom. The molecule has 0 N–H and O–H groups in total. The van der Waals surface area contributed by atoms with Crippen LogP contribution in [0.2, 0.25) is 0 Å². The van der Waals surface area contributed by atoms with Crippen molar-refractivity contribution in [2.45, 2.75) is 67.6 Å². The minimum absolute atomic E-state index is 0.0821. The summed E-state index contributed by atoms with van der Waals surface area (Å²) < 4.78 is 12.7. The molecule has 6 nitrogen and oxygen atoms in total. The first-order valence-electron chi connectivity index (χ1n) is 9.34. The highest BCUT2D eigenvalue weighted by atomic mass is 32.2. The zero-order valence-corrected chi connectivity index (χ0v) is 17.5. The number of rotatable bonds is 4. The summed E-state index contributed by atoms with van der Waals surface area (Å²) in [7, 11) is 0. The summed E-state index contributed by atoms with van der Waals surface area (Å²) in [6.07, 6.45) is 6.57. The van der Waals surface area contributed by atoms with Gasteiger partial charge >= 0.3 is 0 Å². The zero-order valence-electron chi connectivity index (χ0n) is 15.1. The summed E-state index contributed by atoms with van der Waals surface area (Å²) in [6, 6.07) is 0. The van der Waals surface area contributed by atoms with Gasteiger partial charge < -0.3 is 4.74 Å². The average molecular weight is 421 g/mol. The molecule has 0 bridgehead atoms. The summed E-state index contributed by atoms with van der Waals surface area (Å²) in [5.41, 5.74) is 1.32. The van der Waals surface area contributed by atoms with Crippen LogP contribution in [0.3, 0.4) is 0 Å². The molecule has 9 heteroatoms. The molecule has 1 aliphatic carbocycles. The van der Waals surface area contributed by atoms with E-state index in [0.717, 1.165) is 59.1 Å². The second-order valence-corrected chi connectivity index (χ2v) is 10.1. The molecule has 0 aromatic carbocycles. The van der Waals surface area contributed by atoms with Crippen molar-refractivity contribution in [2.75, 3.05) is 6.61 Å². The molecule has 0 spiro atoms. The lowest BCUT2D eigenvalue weighted by atomic mass is 9.97. The van der Waals surface area contributed by atoms with Crippen LogP contribution in [0.15, 0.2) is 14.3 Å². The van der Waals surface area contributed by atoms with E-state index in [0.29, 0.717) is 11.7 Å². The molecule has 3 aromatic heterocycles. The third-order valence-corrected chi connectivity index (χ3v) is 8.16. The molecule has 27 heavy (non-hydrogen) atoms. The number of hydrogen-bond donors (Lipinski definition) is 0. The topological polar surface area (TPSA) is 69.9 Å². The number of hydrogen-bond acceptors (Lipinski definition) is 8. The molecule has 0 saturated carbocycles. The van der Waals surface area contributed by atoms with E-state index in [1.807, 2.05) is 11.5 Å². The molecule has 3 aromatic rings. The number of ether oxygens (including phenoxy) is 1. The Morgan fingerprint density at radius 3 is 2.93 bits per heavy atom. The van der Waals surface area contributed by atoms with E-state index in [4.69, 9.17) is 9.72 Å². The van der Waals surface area contributed by atoms with E-state index >= 15 is 0 Å². The monoisotopic (exact) mass is 420 g/mol. The maximum Gasteiger partial charge on any atom is 0.263 e. The van der Waals surface area contributed by atoms with Gasteiger partial charge in [0.15, 0.2) is 9.50 Å². The molecule has 0 radical (unpaired) electrons. The summed E-state index contributed by atoms with van der Waals surface area (Å²) >= 11 is 4.49. The fourth-order valence-corrected chi connectivity index (χ4v) is 6.80. The molecule has 0 amide bonds. The smallest absolute Gasteiger partial charge is 0.263 e. The molecule has 1 saturated heterocycles. The Hall–Kier alpha value is -1.29. The molecule has 1 fully saturated rings. The molecule has 4 heterocycles. The molecule has 2 aliphatic rings. The molecular weight excluding hydrogens is 400 g/mol. The van der Waals surface area contributed by atoms with E-state index < -0.39 is 0 Å². The number of aryl methyl sites for hydroxylation is 3. The number of nitrogens with zero attached hydrogens (tertiary/aromatic N) is 4. The first-order valence-corrected chi connectivity index (χ1v) is 11.7. The van der Waals surface area contributed by atoms with Crippen LogP contribution in [0.5, 0.6) is 0 Å². The van der Waals surface area contributed by atoms with Crippen molar-refractivity contribution in [1.29, 1.82) is 0 Å². The van der Waals surface area contributed by atoms with Crippen LogP contribution in [-0.2, 0) is 24.1 Å². The number of fused-ring (bicyclic) bond motifs is 3. The van der Waals surface area contributed by atoms with Gasteiger partial charge in [-0.15, -0.1) is 11.3 Å². The van der Waals surface area contributed by atoms with Crippen LogP contribution in [0.1, 0.15) is 41.9 Å². The van der Waals surface area contributed by atoms with Gasteiger partial charge in [-0.1, -0.05) is 0 Å². The van der Waals surface area contributed by atoms with Crippen molar-refractivity contribution in [2.24, 2.45) is 0 Å². The second kappa shape index (κ2) is 7.27. The van der Waals surface area contributed by atoms with Gasteiger partial charge in [0.05, 0.1) is 18.0 Å². The fraction of sp³-hybridized carbons (Fsp3) is 0.556. The Kier molecular flexibility index (Phi) is 4.79. The molecule has 5 rings (SSSR count). The van der Waals surface area contributed by atoms with E-state index in [-0.39, 0.29) is 11.7 Å². The Morgan fingerprint density at radius 1 is 1.26 bits per heavy atom. The third-order valence-electron chi connectivity index (χ3n) is 5.14. The maximum atomic E-state index is 13.5. The van der Waals surface area contributed by atoms with Gasteiger partial charge in [-0.05, 0) is 74.3 Å². The Bertz CT molecular complexity index is 1050. The summed E-state index contributed by atoms with van der Waals surface area (Å²) in [6.45, 7) is 3.22. The molecule has 142 valence electrons. The standard InChI is InChI=1S/C18H20N4O2S3/c1-10-19-18(27-21-10)26-17-20-15-14(12-6-2-3-7-13(12)25-15)16(23)22(17)9-11-5-4-8-24-11/h11H,2-9H2,1H3. The van der Waals surface area contributed by atoms with E-state index in [9.17, 15) is 4.79 Å². The lowest BCUT2D eigenvalue weighted by Gasteiger charge is -2.15. The molecule has 1 aliphatic heterocycles. The quantitative estimate of drug-likeness (QED) is 0.598. The van der Waals surface area contributed by atoms with Gasteiger partial charge in [0, 0.05) is 11.5 Å². The van der Waals surface area contributed by atoms with E-state index in [2.05, 4.69) is 9.36 Å². The van der Waals surface area contributed by atoms with Crippen LogP contribution in [0, 0.1) is 6.92 Å². The van der Waals surface area contributed by atoms with Crippen molar-refractivity contribution in [3.63, 3.8) is 0 Å². The maximum absolute atomic E-state index is 13.5. The van der Waals surface area contributed by atoms with E-state index in [1.54, 1.807) is 11.3 Å². The highest BCUT2D eigenvalue weighted by Gasteiger charge is 2.25. The normalized spacial score (nSPS) is 19.7. The zero-order chi connectivity index (χ0) is 18.4. The SMILES string of the molecule is Cc1nsc(Sc2nc3sc4c(c3c(=O)n2CC2CCCO2)CCCC4)n1.